The normalized spacial score (nSPS) is 42.0. The third-order valence-electron chi connectivity index (χ3n) is 2.47. The van der Waals surface area contributed by atoms with E-state index >= 15 is 0 Å². The standard InChI is InChI=1S/C6H12N2O8/c9-7(10)15-3-1-13-6-4(16-8(11)12)2-14-5(3)6/h3-9,11H,1-2H2/t3-,4+,5-,6-/m1/s1. The molecule has 16 heavy (non-hydrogen) atoms. The van der Waals surface area contributed by atoms with Crippen molar-refractivity contribution in [2.75, 3.05) is 13.2 Å². The molecule has 0 bridgehead atoms. The number of rotatable bonds is 4. The minimum atomic E-state index is -1.42. The third-order valence-corrected chi connectivity index (χ3v) is 2.47. The molecule has 2 aliphatic rings. The van der Waals surface area contributed by atoms with Gasteiger partial charge in [0.1, 0.15) is 12.2 Å². The van der Waals surface area contributed by atoms with Crippen LogP contribution in [-0.2, 0) is 19.1 Å². The Hall–Kier alpha value is -0.400. The summed E-state index contributed by atoms with van der Waals surface area (Å²) in [4.78, 5) is 9.08. The van der Waals surface area contributed by atoms with Crippen LogP contribution in [0.2, 0.25) is 0 Å². The van der Waals surface area contributed by atoms with E-state index in [9.17, 15) is 10.4 Å². The molecule has 2 fully saturated rings. The number of hydrogen-bond acceptors (Lipinski definition) is 8. The molecule has 0 saturated carbocycles. The highest BCUT2D eigenvalue weighted by atomic mass is 17.1. The van der Waals surface area contributed by atoms with Gasteiger partial charge in [0, 0.05) is 0 Å². The van der Waals surface area contributed by atoms with E-state index in [2.05, 4.69) is 9.68 Å². The number of fused-ring (bicyclic) bond motifs is 1. The van der Waals surface area contributed by atoms with E-state index in [4.69, 9.17) is 19.9 Å². The van der Waals surface area contributed by atoms with Crippen LogP contribution in [0.25, 0.3) is 0 Å². The fourth-order valence-corrected chi connectivity index (χ4v) is 1.89. The Morgan fingerprint density at radius 3 is 1.62 bits per heavy atom. The molecule has 2 rings (SSSR count). The Kier molecular flexibility index (Phi) is 3.66. The van der Waals surface area contributed by atoms with Gasteiger partial charge in [0.25, 0.3) is 0 Å². The second-order valence-corrected chi connectivity index (χ2v) is 3.44. The second-order valence-electron chi connectivity index (χ2n) is 3.44. The molecule has 0 aromatic heterocycles. The molecule has 2 aliphatic heterocycles. The van der Waals surface area contributed by atoms with Crippen LogP contribution in [0.1, 0.15) is 0 Å². The molecule has 0 aliphatic carbocycles. The Morgan fingerprint density at radius 1 is 0.938 bits per heavy atom. The molecule has 6 atom stereocenters. The van der Waals surface area contributed by atoms with Gasteiger partial charge in [-0.1, -0.05) is 10.8 Å². The van der Waals surface area contributed by atoms with Gasteiger partial charge in [-0.05, 0) is 0 Å². The first-order chi connectivity index (χ1) is 7.58. The first-order valence-corrected chi connectivity index (χ1v) is 4.60. The van der Waals surface area contributed by atoms with Gasteiger partial charge in [0.2, 0.25) is 0 Å². The molecule has 0 spiro atoms. The van der Waals surface area contributed by atoms with Crippen molar-refractivity contribution in [2.45, 2.75) is 24.4 Å². The van der Waals surface area contributed by atoms with Crippen LogP contribution in [0, 0.1) is 10.4 Å². The van der Waals surface area contributed by atoms with Gasteiger partial charge < -0.3 is 19.9 Å². The molecule has 10 heteroatoms. The highest BCUT2D eigenvalue weighted by Crippen LogP contribution is 2.28. The Labute approximate surface area is 89.4 Å². The maximum atomic E-state index is 10.3. The largest absolute Gasteiger partial charge is 0.566 e. The van der Waals surface area contributed by atoms with Gasteiger partial charge >= 0.3 is 0 Å². The van der Waals surface area contributed by atoms with E-state index in [1.807, 2.05) is 0 Å². The molecule has 0 aromatic rings. The summed E-state index contributed by atoms with van der Waals surface area (Å²) < 4.78 is 10.4. The SMILES string of the molecule is [O-][NH+](O)O[C@H]1CO[C@H]2[C@@H]1OC[C@H]2O[NH+]([O-])O. The number of hydrogen-bond donors (Lipinski definition) is 4. The molecule has 2 saturated heterocycles. The molecule has 2 heterocycles. The summed E-state index contributed by atoms with van der Waals surface area (Å²) in [7, 11) is 0. The van der Waals surface area contributed by atoms with Crippen molar-refractivity contribution in [1.29, 1.82) is 0 Å². The van der Waals surface area contributed by atoms with Gasteiger partial charge in [0.05, 0.1) is 13.2 Å². The smallest absolute Gasteiger partial charge is 0.173 e. The second kappa shape index (κ2) is 4.85. The Bertz CT molecular complexity index is 215. The van der Waals surface area contributed by atoms with Gasteiger partial charge in [-0.2, -0.15) is 20.1 Å². The molecule has 2 unspecified atom stereocenters. The lowest BCUT2D eigenvalue weighted by atomic mass is 10.1. The highest BCUT2D eigenvalue weighted by molar-refractivity contribution is 4.94. The summed E-state index contributed by atoms with van der Waals surface area (Å²) in [5, 5.41) is 34.7. The third kappa shape index (κ3) is 2.46. The summed E-state index contributed by atoms with van der Waals surface area (Å²) in [5.74, 6) is 0. The van der Waals surface area contributed by atoms with E-state index in [1.165, 1.54) is 0 Å². The first kappa shape index (κ1) is 12.1. The van der Waals surface area contributed by atoms with Gasteiger partial charge in [-0.3, -0.25) is 0 Å². The van der Waals surface area contributed by atoms with E-state index in [0.717, 1.165) is 0 Å². The van der Waals surface area contributed by atoms with E-state index < -0.39 is 35.2 Å². The molecule has 4 N–H and O–H groups in total. The van der Waals surface area contributed by atoms with Crippen LogP contribution >= 0.6 is 0 Å². The summed E-state index contributed by atoms with van der Waals surface area (Å²) in [6, 6.07) is 0. The van der Waals surface area contributed by atoms with Crippen LogP contribution in [0.3, 0.4) is 0 Å². The first-order valence-electron chi connectivity index (χ1n) is 4.60. The van der Waals surface area contributed by atoms with Crippen molar-refractivity contribution in [2.24, 2.45) is 0 Å². The lowest BCUT2D eigenvalue weighted by molar-refractivity contribution is -1.21. The van der Waals surface area contributed by atoms with Crippen molar-refractivity contribution in [3.8, 4) is 0 Å². The van der Waals surface area contributed by atoms with Crippen molar-refractivity contribution >= 4 is 0 Å². The van der Waals surface area contributed by atoms with Crippen molar-refractivity contribution < 1.29 is 40.3 Å². The molecule has 0 amide bonds. The maximum absolute atomic E-state index is 10.3. The van der Waals surface area contributed by atoms with Crippen LogP contribution in [0.15, 0.2) is 0 Å². The van der Waals surface area contributed by atoms with Crippen LogP contribution < -0.4 is 10.8 Å². The van der Waals surface area contributed by atoms with Gasteiger partial charge in [0.15, 0.2) is 12.2 Å². The zero-order valence-corrected chi connectivity index (χ0v) is 8.07. The molecule has 10 nitrogen and oxygen atoms in total. The molecule has 94 valence electrons. The Morgan fingerprint density at radius 2 is 1.31 bits per heavy atom. The van der Waals surface area contributed by atoms with Crippen LogP contribution in [-0.4, -0.2) is 48.0 Å². The summed E-state index contributed by atoms with van der Waals surface area (Å²) in [6.07, 6.45) is -2.66. The van der Waals surface area contributed by atoms with Crippen LogP contribution in [0.4, 0.5) is 0 Å². The number of quaternary nitrogens is 2. The fourth-order valence-electron chi connectivity index (χ4n) is 1.89. The maximum Gasteiger partial charge on any atom is 0.173 e. The molecular formula is C6H12N2O8. The van der Waals surface area contributed by atoms with Crippen molar-refractivity contribution in [3.05, 3.63) is 10.4 Å². The number of ether oxygens (including phenoxy) is 2. The minimum Gasteiger partial charge on any atom is -0.566 e. The lowest BCUT2D eigenvalue weighted by Gasteiger charge is -2.19. The molecular weight excluding hydrogens is 228 g/mol. The zero-order valence-electron chi connectivity index (χ0n) is 8.07. The minimum absolute atomic E-state index is 0.0428. The topological polar surface area (TPSA) is 132 Å². The monoisotopic (exact) mass is 240 g/mol. The van der Waals surface area contributed by atoms with E-state index in [0.29, 0.717) is 0 Å². The van der Waals surface area contributed by atoms with E-state index in [1.54, 1.807) is 0 Å². The highest BCUT2D eigenvalue weighted by Gasteiger charge is 2.52. The molecule has 0 aromatic carbocycles. The predicted octanol–water partition coefficient (Wildman–Crippen LogP) is -4.07. The fraction of sp³-hybridized carbons (Fsp3) is 1.00. The average Bonchev–Trinajstić information content (AvgIpc) is 2.70. The summed E-state index contributed by atoms with van der Waals surface area (Å²) in [5.41, 5.74) is 0. The molecule has 0 radical (unpaired) electrons. The predicted molar refractivity (Wildman–Crippen MR) is 41.5 cm³/mol. The Balaban J connectivity index is 1.90. The van der Waals surface area contributed by atoms with Crippen LogP contribution in [0.5, 0.6) is 0 Å². The average molecular weight is 240 g/mol. The lowest BCUT2D eigenvalue weighted by Crippen LogP contribution is -3.04. The summed E-state index contributed by atoms with van der Waals surface area (Å²) >= 11 is 0. The van der Waals surface area contributed by atoms with Gasteiger partial charge in [-0.25, -0.2) is 0 Å². The van der Waals surface area contributed by atoms with Crippen molar-refractivity contribution in [3.63, 3.8) is 0 Å². The van der Waals surface area contributed by atoms with Gasteiger partial charge in [-0.15, -0.1) is 0 Å². The number of nitrogens with one attached hydrogen (secondary N) is 2. The van der Waals surface area contributed by atoms with Crippen molar-refractivity contribution in [1.82, 2.24) is 0 Å². The quantitative estimate of drug-likeness (QED) is 0.365. The van der Waals surface area contributed by atoms with E-state index in [-0.39, 0.29) is 13.2 Å². The summed E-state index contributed by atoms with van der Waals surface area (Å²) in [6.45, 7) is 0.0855. The zero-order chi connectivity index (χ0) is 11.7.